The predicted molar refractivity (Wildman–Crippen MR) is 129 cm³/mol. The van der Waals surface area contributed by atoms with Gasteiger partial charge in [-0.2, -0.15) is 0 Å². The molecule has 33 heavy (non-hydrogen) atoms. The Balaban J connectivity index is 1.41. The van der Waals surface area contributed by atoms with Crippen LogP contribution in [0, 0.1) is 0 Å². The van der Waals surface area contributed by atoms with Crippen LogP contribution in [0.1, 0.15) is 39.6 Å². The largest absolute Gasteiger partial charge is 0.488 e. The van der Waals surface area contributed by atoms with Crippen LogP contribution in [0.15, 0.2) is 85.2 Å². The van der Waals surface area contributed by atoms with Crippen LogP contribution < -0.4 is 9.47 Å². The van der Waals surface area contributed by atoms with Crippen molar-refractivity contribution in [3.8, 4) is 22.6 Å². The van der Waals surface area contributed by atoms with Gasteiger partial charge in [-0.3, -0.25) is 9.78 Å². The minimum absolute atomic E-state index is 0.116. The van der Waals surface area contributed by atoms with Gasteiger partial charge in [-0.1, -0.05) is 66.2 Å². The molecule has 5 heteroatoms. The first-order valence-electron chi connectivity index (χ1n) is 10.9. The maximum absolute atomic E-state index is 11.6. The number of aldehydes is 1. The zero-order chi connectivity index (χ0) is 22.6. The number of ether oxygens (including phenoxy) is 2. The molecule has 4 nitrogen and oxygen atoms in total. The van der Waals surface area contributed by atoms with E-state index in [0.717, 1.165) is 24.7 Å². The summed E-state index contributed by atoms with van der Waals surface area (Å²) in [7, 11) is 0. The quantitative estimate of drug-likeness (QED) is 0.285. The van der Waals surface area contributed by atoms with Gasteiger partial charge >= 0.3 is 0 Å². The van der Waals surface area contributed by atoms with E-state index < -0.39 is 0 Å². The summed E-state index contributed by atoms with van der Waals surface area (Å²) in [6.45, 7) is 0.294. The van der Waals surface area contributed by atoms with Crippen LogP contribution in [0.2, 0.25) is 5.02 Å². The monoisotopic (exact) mass is 455 g/mol. The maximum Gasteiger partial charge on any atom is 0.153 e. The average Bonchev–Trinajstić information content (AvgIpc) is 3.28. The molecular formula is C28H22ClNO3. The number of rotatable bonds is 7. The number of benzene rings is 3. The highest BCUT2D eigenvalue weighted by Crippen LogP contribution is 2.42. The van der Waals surface area contributed by atoms with Crippen molar-refractivity contribution in [2.75, 3.05) is 0 Å². The van der Waals surface area contributed by atoms with Crippen molar-refractivity contribution in [1.82, 2.24) is 4.98 Å². The zero-order valence-electron chi connectivity index (χ0n) is 17.9. The fourth-order valence-corrected chi connectivity index (χ4v) is 4.50. The van der Waals surface area contributed by atoms with Crippen molar-refractivity contribution < 1.29 is 14.3 Å². The molecule has 0 saturated carbocycles. The van der Waals surface area contributed by atoms with Gasteiger partial charge in [0.25, 0.3) is 0 Å². The summed E-state index contributed by atoms with van der Waals surface area (Å²) in [4.78, 5) is 15.7. The molecule has 3 aromatic carbocycles. The van der Waals surface area contributed by atoms with Crippen molar-refractivity contribution in [2.24, 2.45) is 0 Å². The van der Waals surface area contributed by atoms with Crippen LogP contribution in [0.3, 0.4) is 0 Å². The van der Waals surface area contributed by atoms with Crippen molar-refractivity contribution >= 4 is 17.9 Å². The highest BCUT2D eigenvalue weighted by molar-refractivity contribution is 6.32. The fraction of sp³-hybridized carbons (Fsp3) is 0.143. The molecule has 4 aromatic rings. The smallest absolute Gasteiger partial charge is 0.153 e. The molecule has 0 radical (unpaired) electrons. The Morgan fingerprint density at radius 3 is 2.67 bits per heavy atom. The molecule has 0 fully saturated rings. The molecule has 0 N–H and O–H groups in total. The molecule has 1 aliphatic carbocycles. The maximum atomic E-state index is 11.6. The summed E-state index contributed by atoms with van der Waals surface area (Å²) in [5.74, 6) is 0.941. The van der Waals surface area contributed by atoms with E-state index in [0.29, 0.717) is 28.7 Å². The lowest BCUT2D eigenvalue weighted by Gasteiger charge is -2.18. The van der Waals surface area contributed by atoms with Crippen LogP contribution >= 0.6 is 11.6 Å². The number of hydrogen-bond acceptors (Lipinski definition) is 4. The van der Waals surface area contributed by atoms with Gasteiger partial charge in [0, 0.05) is 24.0 Å². The highest BCUT2D eigenvalue weighted by atomic mass is 35.5. The Labute approximate surface area is 197 Å². The Morgan fingerprint density at radius 2 is 1.88 bits per heavy atom. The van der Waals surface area contributed by atoms with Crippen LogP contribution in [0.25, 0.3) is 11.1 Å². The van der Waals surface area contributed by atoms with Crippen LogP contribution in [-0.2, 0) is 13.0 Å². The third-order valence-electron chi connectivity index (χ3n) is 5.88. The van der Waals surface area contributed by atoms with Crippen molar-refractivity contribution in [3.05, 3.63) is 112 Å². The molecule has 1 unspecified atom stereocenters. The number of carbonyl (C=O) groups is 1. The molecule has 1 atom stereocenters. The summed E-state index contributed by atoms with van der Waals surface area (Å²) in [5.41, 5.74) is 6.21. The van der Waals surface area contributed by atoms with Gasteiger partial charge in [-0.25, -0.2) is 0 Å². The van der Waals surface area contributed by atoms with Crippen LogP contribution in [0.5, 0.6) is 11.5 Å². The number of halogens is 1. The highest BCUT2D eigenvalue weighted by Gasteiger charge is 2.27. The van der Waals surface area contributed by atoms with Gasteiger partial charge in [-0.05, 0) is 47.2 Å². The van der Waals surface area contributed by atoms with E-state index in [9.17, 15) is 4.79 Å². The molecule has 1 aromatic heterocycles. The molecule has 0 bridgehead atoms. The fourth-order valence-electron chi connectivity index (χ4n) is 4.28. The van der Waals surface area contributed by atoms with Crippen LogP contribution in [-0.4, -0.2) is 11.3 Å². The minimum Gasteiger partial charge on any atom is -0.488 e. The average molecular weight is 456 g/mol. The van der Waals surface area contributed by atoms with E-state index in [1.54, 1.807) is 24.5 Å². The summed E-state index contributed by atoms with van der Waals surface area (Å²) < 4.78 is 12.3. The number of hydrogen-bond donors (Lipinski definition) is 0. The number of nitrogens with zero attached hydrogens (tertiary/aromatic N) is 1. The van der Waals surface area contributed by atoms with Crippen LogP contribution in [0.4, 0.5) is 0 Å². The lowest BCUT2D eigenvalue weighted by atomic mass is 9.97. The molecule has 0 spiro atoms. The second kappa shape index (κ2) is 9.47. The van der Waals surface area contributed by atoms with E-state index in [1.165, 1.54) is 22.3 Å². The number of aromatic nitrogens is 1. The third kappa shape index (κ3) is 4.48. The van der Waals surface area contributed by atoms with Crippen molar-refractivity contribution in [2.45, 2.75) is 25.6 Å². The SMILES string of the molecule is O=Cc1cc(Cl)c(OC2CCc3c(-c4ccccc4)cccc32)cc1OCc1cccnc1. The van der Waals surface area contributed by atoms with E-state index in [2.05, 4.69) is 47.4 Å². The number of pyridine rings is 1. The predicted octanol–water partition coefficient (Wildman–Crippen LogP) is 6.86. The van der Waals surface area contributed by atoms with Gasteiger partial charge in [0.15, 0.2) is 6.29 Å². The summed E-state index contributed by atoms with van der Waals surface area (Å²) in [6.07, 6.45) is 5.85. The second-order valence-corrected chi connectivity index (χ2v) is 8.38. The standard InChI is InChI=1S/C28H22ClNO3/c29-25-14-21(17-31)27(32-18-19-6-5-13-30-16-19)15-28(25)33-26-12-11-23-22(9-4-10-24(23)26)20-7-2-1-3-8-20/h1-10,13-17,26H,11-12,18H2. The summed E-state index contributed by atoms with van der Waals surface area (Å²) >= 11 is 6.48. The van der Waals surface area contributed by atoms with E-state index in [1.807, 2.05) is 18.2 Å². The van der Waals surface area contributed by atoms with Gasteiger partial charge < -0.3 is 9.47 Å². The Kier molecular flexibility index (Phi) is 6.09. The van der Waals surface area contributed by atoms with E-state index >= 15 is 0 Å². The zero-order valence-corrected chi connectivity index (χ0v) is 18.7. The van der Waals surface area contributed by atoms with Gasteiger partial charge in [0.2, 0.25) is 0 Å². The molecule has 0 amide bonds. The first-order chi connectivity index (χ1) is 16.2. The lowest BCUT2D eigenvalue weighted by molar-refractivity contribution is 0.111. The number of carbonyl (C=O) groups excluding carboxylic acids is 1. The Hall–Kier alpha value is -3.63. The van der Waals surface area contributed by atoms with Crippen molar-refractivity contribution in [3.63, 3.8) is 0 Å². The molecule has 0 saturated heterocycles. The summed E-state index contributed by atoms with van der Waals surface area (Å²) in [6, 6.07) is 23.8. The molecule has 164 valence electrons. The molecule has 0 aliphatic heterocycles. The summed E-state index contributed by atoms with van der Waals surface area (Å²) in [5, 5.41) is 0.387. The van der Waals surface area contributed by atoms with Crippen molar-refractivity contribution in [1.29, 1.82) is 0 Å². The van der Waals surface area contributed by atoms with Gasteiger partial charge in [0.1, 0.15) is 24.2 Å². The number of fused-ring (bicyclic) bond motifs is 1. The molecule has 1 aliphatic rings. The first kappa shape index (κ1) is 21.2. The van der Waals surface area contributed by atoms with E-state index in [4.69, 9.17) is 21.1 Å². The Bertz CT molecular complexity index is 1280. The van der Waals surface area contributed by atoms with E-state index in [-0.39, 0.29) is 6.10 Å². The van der Waals surface area contributed by atoms with Gasteiger partial charge in [0.05, 0.1) is 10.6 Å². The lowest BCUT2D eigenvalue weighted by Crippen LogP contribution is -2.05. The topological polar surface area (TPSA) is 48.4 Å². The molecule has 1 heterocycles. The molecule has 5 rings (SSSR count). The molecular weight excluding hydrogens is 434 g/mol. The third-order valence-corrected chi connectivity index (χ3v) is 6.17. The van der Waals surface area contributed by atoms with Gasteiger partial charge in [-0.15, -0.1) is 0 Å². The minimum atomic E-state index is -0.116. The second-order valence-electron chi connectivity index (χ2n) is 7.97. The first-order valence-corrected chi connectivity index (χ1v) is 11.2. The normalized spacial score (nSPS) is 14.5. The Morgan fingerprint density at radius 1 is 1.00 bits per heavy atom.